The lowest BCUT2D eigenvalue weighted by molar-refractivity contribution is 0.00973. The average molecular weight is 249 g/mol. The lowest BCUT2D eigenvalue weighted by Crippen LogP contribution is -2.27. The van der Waals surface area contributed by atoms with Crippen LogP contribution in [0.4, 0.5) is 0 Å². The molecule has 0 saturated heterocycles. The van der Waals surface area contributed by atoms with E-state index in [2.05, 4.69) is 56.4 Å². The van der Waals surface area contributed by atoms with Crippen molar-refractivity contribution < 1.29 is 4.74 Å². The summed E-state index contributed by atoms with van der Waals surface area (Å²) < 4.78 is 5.49. The summed E-state index contributed by atoms with van der Waals surface area (Å²) in [5.41, 5.74) is 1.34. The lowest BCUT2D eigenvalue weighted by Gasteiger charge is -2.28. The predicted octanol–water partition coefficient (Wildman–Crippen LogP) is 3.79. The summed E-state index contributed by atoms with van der Waals surface area (Å²) in [7, 11) is 3.83. The van der Waals surface area contributed by atoms with Gasteiger partial charge in [-0.3, -0.25) is 0 Å². The van der Waals surface area contributed by atoms with Gasteiger partial charge in [-0.15, -0.1) is 0 Å². The first kappa shape index (κ1) is 15.2. The second kappa shape index (κ2) is 6.91. The van der Waals surface area contributed by atoms with Crippen LogP contribution in [0.25, 0.3) is 0 Å². The van der Waals surface area contributed by atoms with Crippen LogP contribution in [-0.4, -0.2) is 19.8 Å². The van der Waals surface area contributed by atoms with E-state index in [0.717, 1.165) is 12.8 Å². The van der Waals surface area contributed by atoms with Crippen LogP contribution in [0.5, 0.6) is 0 Å². The van der Waals surface area contributed by atoms with Crippen LogP contribution in [0.2, 0.25) is 0 Å². The van der Waals surface area contributed by atoms with Crippen molar-refractivity contribution in [2.75, 3.05) is 14.2 Å². The van der Waals surface area contributed by atoms with Crippen LogP contribution >= 0.6 is 0 Å². The van der Waals surface area contributed by atoms with Gasteiger partial charge in [0.2, 0.25) is 0 Å². The van der Waals surface area contributed by atoms with Crippen molar-refractivity contribution in [3.05, 3.63) is 35.9 Å². The Balaban J connectivity index is 2.61. The van der Waals surface area contributed by atoms with Crippen LogP contribution in [0, 0.1) is 5.92 Å². The van der Waals surface area contributed by atoms with Gasteiger partial charge in [0.1, 0.15) is 0 Å². The maximum atomic E-state index is 5.49. The smallest absolute Gasteiger partial charge is 0.0622 e. The molecule has 102 valence electrons. The summed E-state index contributed by atoms with van der Waals surface area (Å²) in [6.45, 7) is 6.60. The van der Waals surface area contributed by atoms with Crippen molar-refractivity contribution >= 4 is 0 Å². The molecule has 2 atom stereocenters. The van der Waals surface area contributed by atoms with Gasteiger partial charge in [-0.2, -0.15) is 0 Å². The maximum Gasteiger partial charge on any atom is 0.0622 e. The van der Waals surface area contributed by atoms with Crippen molar-refractivity contribution in [1.29, 1.82) is 0 Å². The Kier molecular flexibility index (Phi) is 5.83. The van der Waals surface area contributed by atoms with Crippen molar-refractivity contribution in [2.24, 2.45) is 5.92 Å². The van der Waals surface area contributed by atoms with Crippen LogP contribution in [0.15, 0.2) is 30.3 Å². The summed E-state index contributed by atoms with van der Waals surface area (Å²) in [4.78, 5) is 0. The molecule has 1 aromatic rings. The Labute approximate surface area is 112 Å². The molecule has 0 fully saturated rings. The molecule has 0 aliphatic heterocycles. The van der Waals surface area contributed by atoms with E-state index in [9.17, 15) is 0 Å². The minimum atomic E-state index is -0.0246. The maximum absolute atomic E-state index is 5.49. The topological polar surface area (TPSA) is 21.3 Å². The number of benzene rings is 1. The van der Waals surface area contributed by atoms with Gasteiger partial charge in [0, 0.05) is 13.2 Å². The molecular weight excluding hydrogens is 222 g/mol. The number of hydrogen-bond donors (Lipinski definition) is 1. The third-order valence-corrected chi connectivity index (χ3v) is 3.79. The van der Waals surface area contributed by atoms with E-state index in [1.54, 1.807) is 7.11 Å². The normalized spacial score (nSPS) is 15.4. The quantitative estimate of drug-likeness (QED) is 0.794. The van der Waals surface area contributed by atoms with Crippen molar-refractivity contribution in [3.8, 4) is 0 Å². The molecule has 1 N–H and O–H groups in total. The van der Waals surface area contributed by atoms with Gasteiger partial charge >= 0.3 is 0 Å². The number of nitrogens with one attached hydrogen (secondary N) is 1. The highest BCUT2D eigenvalue weighted by Crippen LogP contribution is 2.28. The van der Waals surface area contributed by atoms with Gasteiger partial charge in [0.05, 0.1) is 5.60 Å². The Morgan fingerprint density at radius 3 is 2.33 bits per heavy atom. The molecule has 0 bridgehead atoms. The Morgan fingerprint density at radius 2 is 1.83 bits per heavy atom. The van der Waals surface area contributed by atoms with Gasteiger partial charge in [-0.25, -0.2) is 0 Å². The Hall–Kier alpha value is -0.860. The van der Waals surface area contributed by atoms with Crippen LogP contribution in [0.1, 0.15) is 45.2 Å². The summed E-state index contributed by atoms with van der Waals surface area (Å²) in [6.07, 6.45) is 2.23. The molecule has 0 aliphatic rings. The van der Waals surface area contributed by atoms with Crippen molar-refractivity contribution in [3.63, 3.8) is 0 Å². The molecular formula is C16H27NO. The lowest BCUT2D eigenvalue weighted by atomic mass is 9.87. The highest BCUT2D eigenvalue weighted by Gasteiger charge is 2.22. The van der Waals surface area contributed by atoms with E-state index in [4.69, 9.17) is 4.74 Å². The van der Waals surface area contributed by atoms with Gasteiger partial charge in [0.15, 0.2) is 0 Å². The molecule has 0 radical (unpaired) electrons. The number of methoxy groups -OCH3 is 1. The Morgan fingerprint density at radius 1 is 1.22 bits per heavy atom. The summed E-state index contributed by atoms with van der Waals surface area (Å²) in [5.74, 6) is 0.590. The zero-order chi connectivity index (χ0) is 13.6. The van der Waals surface area contributed by atoms with Gasteiger partial charge in [-0.1, -0.05) is 37.3 Å². The molecule has 0 aromatic heterocycles. The minimum absolute atomic E-state index is 0.0246. The standard InChI is InChI=1S/C16H27NO/c1-13(11-12-16(2,3)18-5)15(17-4)14-9-7-6-8-10-14/h6-10,13,15,17H,11-12H2,1-5H3. The van der Waals surface area contributed by atoms with E-state index >= 15 is 0 Å². The zero-order valence-corrected chi connectivity index (χ0v) is 12.4. The van der Waals surface area contributed by atoms with E-state index in [1.165, 1.54) is 5.56 Å². The fourth-order valence-electron chi connectivity index (χ4n) is 2.28. The first-order chi connectivity index (χ1) is 8.50. The van der Waals surface area contributed by atoms with Crippen LogP contribution < -0.4 is 5.32 Å². The first-order valence-electron chi connectivity index (χ1n) is 6.77. The van der Waals surface area contributed by atoms with Crippen molar-refractivity contribution in [1.82, 2.24) is 5.32 Å². The summed E-state index contributed by atoms with van der Waals surface area (Å²) in [6, 6.07) is 11.1. The van der Waals surface area contributed by atoms with Crippen LogP contribution in [-0.2, 0) is 4.74 Å². The van der Waals surface area contributed by atoms with Gasteiger partial charge in [-0.05, 0) is 45.2 Å². The molecule has 0 amide bonds. The molecule has 2 unspecified atom stereocenters. The molecule has 0 spiro atoms. The molecule has 0 aliphatic carbocycles. The van der Waals surface area contributed by atoms with Gasteiger partial charge < -0.3 is 10.1 Å². The van der Waals surface area contributed by atoms with E-state index < -0.39 is 0 Å². The minimum Gasteiger partial charge on any atom is -0.379 e. The molecule has 18 heavy (non-hydrogen) atoms. The van der Waals surface area contributed by atoms with E-state index in [0.29, 0.717) is 12.0 Å². The van der Waals surface area contributed by atoms with Crippen molar-refractivity contribution in [2.45, 2.75) is 45.3 Å². The molecule has 1 rings (SSSR count). The highest BCUT2D eigenvalue weighted by molar-refractivity contribution is 5.19. The zero-order valence-electron chi connectivity index (χ0n) is 12.4. The highest BCUT2D eigenvalue weighted by atomic mass is 16.5. The Bertz CT molecular complexity index is 334. The largest absolute Gasteiger partial charge is 0.379 e. The third-order valence-electron chi connectivity index (χ3n) is 3.79. The van der Waals surface area contributed by atoms with E-state index in [1.807, 2.05) is 7.05 Å². The summed E-state index contributed by atoms with van der Waals surface area (Å²) >= 11 is 0. The SMILES string of the molecule is CNC(c1ccccc1)C(C)CCC(C)(C)OC. The van der Waals surface area contributed by atoms with Crippen LogP contribution in [0.3, 0.4) is 0 Å². The molecule has 2 nitrogen and oxygen atoms in total. The number of ether oxygens (including phenoxy) is 1. The monoisotopic (exact) mass is 249 g/mol. The van der Waals surface area contributed by atoms with E-state index in [-0.39, 0.29) is 5.60 Å². The molecule has 1 aromatic carbocycles. The molecule has 0 heterocycles. The third kappa shape index (κ3) is 4.43. The molecule has 0 saturated carbocycles. The second-order valence-corrected chi connectivity index (χ2v) is 5.66. The average Bonchev–Trinajstić information content (AvgIpc) is 2.39. The predicted molar refractivity (Wildman–Crippen MR) is 77.7 cm³/mol. The fourth-order valence-corrected chi connectivity index (χ4v) is 2.28. The second-order valence-electron chi connectivity index (χ2n) is 5.66. The number of hydrogen-bond acceptors (Lipinski definition) is 2. The number of rotatable bonds is 7. The fraction of sp³-hybridized carbons (Fsp3) is 0.625. The molecule has 2 heteroatoms. The summed E-state index contributed by atoms with van der Waals surface area (Å²) in [5, 5.41) is 3.43. The van der Waals surface area contributed by atoms with Gasteiger partial charge in [0.25, 0.3) is 0 Å². The first-order valence-corrected chi connectivity index (χ1v) is 6.77.